The van der Waals surface area contributed by atoms with Gasteiger partial charge in [0.05, 0.1) is 18.1 Å². The molecule has 9 heteroatoms. The quantitative estimate of drug-likeness (QED) is 0.562. The minimum Gasteiger partial charge on any atom is -0.456 e. The van der Waals surface area contributed by atoms with Gasteiger partial charge in [-0.1, -0.05) is 12.8 Å². The van der Waals surface area contributed by atoms with Crippen LogP contribution in [0.2, 0.25) is 0 Å². The van der Waals surface area contributed by atoms with E-state index in [0.29, 0.717) is 24.1 Å². The van der Waals surface area contributed by atoms with Gasteiger partial charge in [-0.3, -0.25) is 19.3 Å². The van der Waals surface area contributed by atoms with Gasteiger partial charge in [-0.05, 0) is 37.1 Å². The van der Waals surface area contributed by atoms with Gasteiger partial charge in [0.2, 0.25) is 0 Å². The number of rotatable bonds is 6. The molecule has 1 aromatic carbocycles. The zero-order chi connectivity index (χ0) is 20.1. The molecule has 1 spiro atoms. The Kier molecular flexibility index (Phi) is 5.59. The lowest BCUT2D eigenvalue weighted by Crippen LogP contribution is -2.44. The molecule has 3 rings (SSSR count). The van der Waals surface area contributed by atoms with Crippen LogP contribution in [0.5, 0.6) is 0 Å². The maximum Gasteiger partial charge on any atom is 0.325 e. The predicted molar refractivity (Wildman–Crippen MR) is 96.8 cm³/mol. The van der Waals surface area contributed by atoms with Crippen molar-refractivity contribution in [2.45, 2.75) is 37.6 Å². The first kappa shape index (κ1) is 19.4. The number of anilines is 1. The second-order valence-corrected chi connectivity index (χ2v) is 6.82. The van der Waals surface area contributed by atoms with Crippen LogP contribution in [0, 0.1) is 11.3 Å². The Balaban J connectivity index is 1.42. The molecular formula is C19H20N4O5. The fourth-order valence-corrected chi connectivity index (χ4v) is 3.44. The van der Waals surface area contributed by atoms with Crippen LogP contribution in [0.15, 0.2) is 24.3 Å². The number of nitriles is 1. The molecule has 4 amide bonds. The topological polar surface area (TPSA) is 129 Å². The number of hydrogen-bond donors (Lipinski definition) is 2. The van der Waals surface area contributed by atoms with Crippen LogP contribution < -0.4 is 10.6 Å². The molecule has 0 bridgehead atoms. The number of carbonyl (C=O) groups excluding carboxylic acids is 4. The normalized spacial score (nSPS) is 17.3. The van der Waals surface area contributed by atoms with Gasteiger partial charge in [0, 0.05) is 12.2 Å². The lowest BCUT2D eigenvalue weighted by atomic mass is 9.98. The van der Waals surface area contributed by atoms with Gasteiger partial charge in [0.1, 0.15) is 5.54 Å². The van der Waals surface area contributed by atoms with Crippen molar-refractivity contribution >= 4 is 29.5 Å². The summed E-state index contributed by atoms with van der Waals surface area (Å²) in [5.41, 5.74) is 0.132. The smallest absolute Gasteiger partial charge is 0.325 e. The van der Waals surface area contributed by atoms with Gasteiger partial charge in [-0.25, -0.2) is 4.79 Å². The first-order valence-corrected chi connectivity index (χ1v) is 9.03. The highest BCUT2D eigenvalue weighted by Crippen LogP contribution is 2.35. The SMILES string of the molecule is N#Cc1ccc(NC(=O)COC(=O)CCN2C(=O)NC3(CCCC3)C2=O)cc1. The number of nitrogens with zero attached hydrogens (tertiary/aromatic N) is 2. The van der Waals surface area contributed by atoms with E-state index in [0.717, 1.165) is 17.7 Å². The molecule has 9 nitrogen and oxygen atoms in total. The highest BCUT2D eigenvalue weighted by atomic mass is 16.5. The highest BCUT2D eigenvalue weighted by Gasteiger charge is 2.52. The van der Waals surface area contributed by atoms with E-state index in [2.05, 4.69) is 10.6 Å². The van der Waals surface area contributed by atoms with Crippen LogP contribution >= 0.6 is 0 Å². The molecule has 2 aliphatic rings. The molecule has 2 N–H and O–H groups in total. The number of amides is 4. The van der Waals surface area contributed by atoms with E-state index in [9.17, 15) is 19.2 Å². The van der Waals surface area contributed by atoms with Crippen LogP contribution in [0.3, 0.4) is 0 Å². The van der Waals surface area contributed by atoms with Crippen molar-refractivity contribution < 1.29 is 23.9 Å². The number of benzene rings is 1. The van der Waals surface area contributed by atoms with Crippen molar-refractivity contribution in [2.24, 2.45) is 0 Å². The minimum atomic E-state index is -0.804. The Morgan fingerprint density at radius 3 is 2.54 bits per heavy atom. The van der Waals surface area contributed by atoms with E-state index in [1.165, 1.54) is 0 Å². The molecular weight excluding hydrogens is 364 g/mol. The number of ether oxygens (including phenoxy) is 1. The van der Waals surface area contributed by atoms with E-state index >= 15 is 0 Å². The fraction of sp³-hybridized carbons (Fsp3) is 0.421. The highest BCUT2D eigenvalue weighted by molar-refractivity contribution is 6.07. The molecule has 1 saturated heterocycles. The van der Waals surface area contributed by atoms with Gasteiger partial charge in [-0.15, -0.1) is 0 Å². The zero-order valence-electron chi connectivity index (χ0n) is 15.2. The molecule has 0 radical (unpaired) electrons. The summed E-state index contributed by atoms with van der Waals surface area (Å²) in [5, 5.41) is 14.0. The van der Waals surface area contributed by atoms with Crippen molar-refractivity contribution in [3.63, 3.8) is 0 Å². The first-order chi connectivity index (χ1) is 13.4. The van der Waals surface area contributed by atoms with Crippen LogP contribution in [-0.2, 0) is 19.1 Å². The second kappa shape index (κ2) is 8.08. The molecule has 1 aromatic rings. The third-order valence-electron chi connectivity index (χ3n) is 4.90. The van der Waals surface area contributed by atoms with Gasteiger partial charge in [0.25, 0.3) is 11.8 Å². The molecule has 0 atom stereocenters. The van der Waals surface area contributed by atoms with E-state index in [1.54, 1.807) is 24.3 Å². The fourth-order valence-electron chi connectivity index (χ4n) is 3.44. The number of nitrogens with one attached hydrogen (secondary N) is 2. The lowest BCUT2D eigenvalue weighted by molar-refractivity contribution is -0.147. The molecule has 1 saturated carbocycles. The van der Waals surface area contributed by atoms with Crippen molar-refractivity contribution in [1.29, 1.82) is 5.26 Å². The van der Waals surface area contributed by atoms with Gasteiger partial charge in [0.15, 0.2) is 6.61 Å². The summed E-state index contributed by atoms with van der Waals surface area (Å²) in [4.78, 5) is 49.2. The molecule has 0 unspecified atom stereocenters. The third kappa shape index (κ3) is 4.11. The molecule has 2 fully saturated rings. The molecule has 146 valence electrons. The van der Waals surface area contributed by atoms with Gasteiger partial charge >= 0.3 is 12.0 Å². The largest absolute Gasteiger partial charge is 0.456 e. The predicted octanol–water partition coefficient (Wildman–Crippen LogP) is 1.29. The molecule has 0 aromatic heterocycles. The van der Waals surface area contributed by atoms with Gasteiger partial charge in [-0.2, -0.15) is 5.26 Å². The van der Waals surface area contributed by atoms with E-state index in [-0.39, 0.29) is 18.9 Å². The van der Waals surface area contributed by atoms with Crippen LogP contribution in [0.1, 0.15) is 37.7 Å². The Morgan fingerprint density at radius 1 is 1.21 bits per heavy atom. The standard InChI is InChI=1S/C19H20N4O5/c20-11-13-3-5-14(6-4-13)21-15(24)12-28-16(25)7-10-23-17(26)19(22-18(23)27)8-1-2-9-19/h3-6H,1-2,7-10,12H2,(H,21,24)(H,22,27). The summed E-state index contributed by atoms with van der Waals surface area (Å²) in [6, 6.07) is 7.71. The zero-order valence-corrected chi connectivity index (χ0v) is 15.2. The third-order valence-corrected chi connectivity index (χ3v) is 4.90. The number of hydrogen-bond acceptors (Lipinski definition) is 6. The van der Waals surface area contributed by atoms with Crippen LogP contribution in [0.4, 0.5) is 10.5 Å². The first-order valence-electron chi connectivity index (χ1n) is 9.03. The van der Waals surface area contributed by atoms with E-state index in [1.807, 2.05) is 6.07 Å². The van der Waals surface area contributed by atoms with Crippen molar-refractivity contribution in [1.82, 2.24) is 10.2 Å². The van der Waals surface area contributed by atoms with Gasteiger partial charge < -0.3 is 15.4 Å². The van der Waals surface area contributed by atoms with Crippen molar-refractivity contribution in [2.75, 3.05) is 18.5 Å². The van der Waals surface area contributed by atoms with Crippen LogP contribution in [0.25, 0.3) is 0 Å². The Labute approximate surface area is 161 Å². The maximum atomic E-state index is 12.5. The number of imide groups is 1. The summed E-state index contributed by atoms with van der Waals surface area (Å²) in [6.45, 7) is -0.564. The summed E-state index contributed by atoms with van der Waals surface area (Å²) in [7, 11) is 0. The Hall–Kier alpha value is -3.41. The summed E-state index contributed by atoms with van der Waals surface area (Å²) < 4.78 is 4.90. The molecule has 1 aliphatic heterocycles. The number of carbonyl (C=O) groups is 4. The van der Waals surface area contributed by atoms with Crippen molar-refractivity contribution in [3.8, 4) is 6.07 Å². The average Bonchev–Trinajstić information content (AvgIpc) is 3.24. The molecule has 1 aliphatic carbocycles. The van der Waals surface area contributed by atoms with Crippen molar-refractivity contribution in [3.05, 3.63) is 29.8 Å². The Morgan fingerprint density at radius 2 is 1.89 bits per heavy atom. The number of esters is 1. The maximum absolute atomic E-state index is 12.5. The van der Waals surface area contributed by atoms with E-state index < -0.39 is 30.1 Å². The molecule has 28 heavy (non-hydrogen) atoms. The number of urea groups is 1. The summed E-state index contributed by atoms with van der Waals surface area (Å²) in [6.07, 6.45) is 2.83. The average molecular weight is 384 g/mol. The Bertz CT molecular complexity index is 837. The summed E-state index contributed by atoms with van der Waals surface area (Å²) >= 11 is 0. The minimum absolute atomic E-state index is 0.0809. The monoisotopic (exact) mass is 384 g/mol. The van der Waals surface area contributed by atoms with Crippen LogP contribution in [-0.4, -0.2) is 47.4 Å². The summed E-state index contributed by atoms with van der Waals surface area (Å²) in [5.74, 6) is -1.50. The molecule has 1 heterocycles. The second-order valence-electron chi connectivity index (χ2n) is 6.82. The van der Waals surface area contributed by atoms with E-state index in [4.69, 9.17) is 10.00 Å². The lowest BCUT2D eigenvalue weighted by Gasteiger charge is -2.19.